The number of carbonyl (C=O) groups excluding carboxylic acids is 1. The second kappa shape index (κ2) is 7.03. The molecule has 0 atom stereocenters. The summed E-state index contributed by atoms with van der Waals surface area (Å²) in [6, 6.07) is 1.42. The SMILES string of the molecule is O=C(NCCN1CCCCC1)c1cc(Cl)nnc1Cl. The van der Waals surface area contributed by atoms with Crippen molar-refractivity contribution in [2.24, 2.45) is 0 Å². The summed E-state index contributed by atoms with van der Waals surface area (Å²) < 4.78 is 0. The minimum atomic E-state index is -0.265. The molecule has 0 aromatic carbocycles. The largest absolute Gasteiger partial charge is 0.351 e. The van der Waals surface area contributed by atoms with E-state index in [4.69, 9.17) is 23.2 Å². The van der Waals surface area contributed by atoms with Gasteiger partial charge in [-0.15, -0.1) is 10.2 Å². The van der Waals surface area contributed by atoms with Gasteiger partial charge in [-0.3, -0.25) is 4.79 Å². The van der Waals surface area contributed by atoms with Gasteiger partial charge in [0.1, 0.15) is 0 Å². The van der Waals surface area contributed by atoms with E-state index in [0.29, 0.717) is 6.54 Å². The fraction of sp³-hybridized carbons (Fsp3) is 0.583. The summed E-state index contributed by atoms with van der Waals surface area (Å²) in [6.45, 7) is 3.67. The third kappa shape index (κ3) is 4.30. The number of rotatable bonds is 4. The molecule has 0 saturated carbocycles. The predicted octanol–water partition coefficient (Wildman–Crippen LogP) is 2.00. The lowest BCUT2D eigenvalue weighted by Crippen LogP contribution is -2.37. The minimum Gasteiger partial charge on any atom is -0.351 e. The number of nitrogens with zero attached hydrogens (tertiary/aromatic N) is 3. The standard InChI is InChI=1S/C12H16Cl2N4O/c13-10-8-9(11(14)17-16-10)12(19)15-4-7-18-5-2-1-3-6-18/h8H,1-7H2,(H,15,19). The van der Waals surface area contributed by atoms with Crippen LogP contribution in [-0.4, -0.2) is 47.2 Å². The zero-order valence-corrected chi connectivity index (χ0v) is 12.0. The van der Waals surface area contributed by atoms with Crippen molar-refractivity contribution in [2.45, 2.75) is 19.3 Å². The molecule has 0 spiro atoms. The van der Waals surface area contributed by atoms with Crippen molar-refractivity contribution in [3.63, 3.8) is 0 Å². The van der Waals surface area contributed by atoms with E-state index < -0.39 is 0 Å². The fourth-order valence-corrected chi connectivity index (χ4v) is 2.44. The van der Waals surface area contributed by atoms with Gasteiger partial charge in [-0.25, -0.2) is 0 Å². The first kappa shape index (κ1) is 14.5. The van der Waals surface area contributed by atoms with E-state index in [2.05, 4.69) is 20.4 Å². The maximum atomic E-state index is 11.9. The lowest BCUT2D eigenvalue weighted by atomic mass is 10.1. The van der Waals surface area contributed by atoms with Crippen LogP contribution in [0.2, 0.25) is 10.3 Å². The van der Waals surface area contributed by atoms with Gasteiger partial charge in [-0.1, -0.05) is 29.6 Å². The zero-order chi connectivity index (χ0) is 13.7. The highest BCUT2D eigenvalue weighted by atomic mass is 35.5. The topological polar surface area (TPSA) is 58.1 Å². The lowest BCUT2D eigenvalue weighted by Gasteiger charge is -2.26. The molecule has 0 bridgehead atoms. The second-order valence-corrected chi connectivity index (χ2v) is 5.28. The Balaban J connectivity index is 1.82. The Kier molecular flexibility index (Phi) is 5.36. The zero-order valence-electron chi connectivity index (χ0n) is 10.5. The number of amides is 1. The van der Waals surface area contributed by atoms with E-state index in [-0.39, 0.29) is 21.8 Å². The highest BCUT2D eigenvalue weighted by Crippen LogP contribution is 2.15. The molecule has 7 heteroatoms. The number of hydrogen-bond acceptors (Lipinski definition) is 4. The first-order chi connectivity index (χ1) is 9.16. The molecule has 0 unspecified atom stereocenters. The van der Waals surface area contributed by atoms with Crippen LogP contribution in [0.4, 0.5) is 0 Å². The molecule has 0 aliphatic carbocycles. The van der Waals surface area contributed by atoms with Gasteiger partial charge in [-0.2, -0.15) is 0 Å². The average molecular weight is 303 g/mol. The summed E-state index contributed by atoms with van der Waals surface area (Å²) in [5.74, 6) is -0.265. The molecule has 1 aromatic heterocycles. The molecule has 1 fully saturated rings. The van der Waals surface area contributed by atoms with Crippen LogP contribution in [0.25, 0.3) is 0 Å². The van der Waals surface area contributed by atoms with Gasteiger partial charge in [0, 0.05) is 13.1 Å². The van der Waals surface area contributed by atoms with Gasteiger partial charge < -0.3 is 10.2 Å². The molecule has 19 heavy (non-hydrogen) atoms. The van der Waals surface area contributed by atoms with Gasteiger partial charge in [0.2, 0.25) is 0 Å². The molecule has 5 nitrogen and oxygen atoms in total. The Morgan fingerprint density at radius 1 is 1.26 bits per heavy atom. The Morgan fingerprint density at radius 2 is 2.00 bits per heavy atom. The van der Waals surface area contributed by atoms with Crippen LogP contribution in [0, 0.1) is 0 Å². The van der Waals surface area contributed by atoms with E-state index in [9.17, 15) is 4.79 Å². The normalized spacial score (nSPS) is 16.3. The molecule has 1 N–H and O–H groups in total. The molecule has 2 heterocycles. The summed E-state index contributed by atoms with van der Waals surface area (Å²) in [4.78, 5) is 14.3. The second-order valence-electron chi connectivity index (χ2n) is 4.53. The smallest absolute Gasteiger partial charge is 0.254 e. The quantitative estimate of drug-likeness (QED) is 0.924. The molecule has 2 rings (SSSR count). The molecule has 1 amide bonds. The third-order valence-electron chi connectivity index (χ3n) is 3.13. The fourth-order valence-electron chi connectivity index (χ4n) is 2.12. The molecule has 1 aliphatic rings. The molecule has 0 radical (unpaired) electrons. The van der Waals surface area contributed by atoms with E-state index in [0.717, 1.165) is 19.6 Å². The number of hydrogen-bond donors (Lipinski definition) is 1. The van der Waals surface area contributed by atoms with Crippen LogP contribution in [-0.2, 0) is 0 Å². The van der Waals surface area contributed by atoms with Gasteiger partial charge in [0.25, 0.3) is 5.91 Å². The maximum Gasteiger partial charge on any atom is 0.254 e. The molecule has 1 saturated heterocycles. The molecule has 1 aromatic rings. The summed E-state index contributed by atoms with van der Waals surface area (Å²) in [5, 5.41) is 10.2. The van der Waals surface area contributed by atoms with Crippen LogP contribution in [0.3, 0.4) is 0 Å². The van der Waals surface area contributed by atoms with Gasteiger partial charge in [-0.05, 0) is 32.0 Å². The number of carbonyl (C=O) groups is 1. The Labute approximate surface area is 122 Å². The number of piperidine rings is 1. The number of aromatic nitrogens is 2. The first-order valence-corrected chi connectivity index (χ1v) is 7.11. The first-order valence-electron chi connectivity index (χ1n) is 6.36. The Hall–Kier alpha value is -0.910. The Morgan fingerprint density at radius 3 is 2.74 bits per heavy atom. The van der Waals surface area contributed by atoms with Gasteiger partial charge >= 0.3 is 0 Å². The summed E-state index contributed by atoms with van der Waals surface area (Å²) in [5.41, 5.74) is 0.264. The van der Waals surface area contributed by atoms with Crippen molar-refractivity contribution in [3.05, 3.63) is 21.9 Å². The van der Waals surface area contributed by atoms with Crippen molar-refractivity contribution >= 4 is 29.1 Å². The van der Waals surface area contributed by atoms with E-state index in [1.807, 2.05) is 0 Å². The van der Waals surface area contributed by atoms with E-state index in [1.54, 1.807) is 0 Å². The summed E-state index contributed by atoms with van der Waals surface area (Å²) in [7, 11) is 0. The van der Waals surface area contributed by atoms with Crippen molar-refractivity contribution in [1.29, 1.82) is 0 Å². The monoisotopic (exact) mass is 302 g/mol. The number of nitrogens with one attached hydrogen (secondary N) is 1. The number of likely N-dealkylation sites (tertiary alicyclic amines) is 1. The highest BCUT2D eigenvalue weighted by molar-refractivity contribution is 6.34. The average Bonchev–Trinajstić information content (AvgIpc) is 2.42. The van der Waals surface area contributed by atoms with E-state index >= 15 is 0 Å². The number of halogens is 2. The van der Waals surface area contributed by atoms with Crippen LogP contribution in [0.1, 0.15) is 29.6 Å². The molecular weight excluding hydrogens is 287 g/mol. The van der Waals surface area contributed by atoms with Crippen LogP contribution >= 0.6 is 23.2 Å². The minimum absolute atomic E-state index is 0.0693. The van der Waals surface area contributed by atoms with E-state index in [1.165, 1.54) is 25.3 Å². The third-order valence-corrected chi connectivity index (χ3v) is 3.59. The maximum absolute atomic E-state index is 11.9. The van der Waals surface area contributed by atoms with Crippen molar-refractivity contribution in [2.75, 3.05) is 26.2 Å². The lowest BCUT2D eigenvalue weighted by molar-refractivity contribution is 0.0946. The van der Waals surface area contributed by atoms with Gasteiger partial charge in [0.05, 0.1) is 5.56 Å². The van der Waals surface area contributed by atoms with Crippen molar-refractivity contribution < 1.29 is 4.79 Å². The Bertz CT molecular complexity index is 449. The summed E-state index contributed by atoms with van der Waals surface area (Å²) >= 11 is 11.5. The van der Waals surface area contributed by atoms with Crippen LogP contribution < -0.4 is 5.32 Å². The van der Waals surface area contributed by atoms with Crippen LogP contribution in [0.5, 0.6) is 0 Å². The highest BCUT2D eigenvalue weighted by Gasteiger charge is 2.14. The molecule has 1 aliphatic heterocycles. The summed E-state index contributed by atoms with van der Waals surface area (Å²) in [6.07, 6.45) is 3.78. The molecular formula is C12H16Cl2N4O. The van der Waals surface area contributed by atoms with Crippen molar-refractivity contribution in [3.8, 4) is 0 Å². The van der Waals surface area contributed by atoms with Crippen LogP contribution in [0.15, 0.2) is 6.07 Å². The molecule has 104 valence electrons. The predicted molar refractivity (Wildman–Crippen MR) is 74.7 cm³/mol. The van der Waals surface area contributed by atoms with Gasteiger partial charge in [0.15, 0.2) is 10.3 Å². The van der Waals surface area contributed by atoms with Crippen molar-refractivity contribution in [1.82, 2.24) is 20.4 Å².